The number of nitrogens with zero attached hydrogens (tertiary/aromatic N) is 3. The van der Waals surface area contributed by atoms with Crippen molar-refractivity contribution in [3.05, 3.63) is 35.4 Å². The predicted molar refractivity (Wildman–Crippen MR) is 93.7 cm³/mol. The fourth-order valence-electron chi connectivity index (χ4n) is 3.41. The van der Waals surface area contributed by atoms with Crippen molar-refractivity contribution >= 4 is 11.8 Å². The van der Waals surface area contributed by atoms with Crippen LogP contribution in [-0.2, 0) is 16.0 Å². The van der Waals surface area contributed by atoms with Gasteiger partial charge in [0.2, 0.25) is 11.8 Å². The minimum Gasteiger partial charge on any atom is -0.342 e. The summed E-state index contributed by atoms with van der Waals surface area (Å²) in [4.78, 5) is 30.7. The molecular formula is C19H27N3O2. The second-order valence-electron chi connectivity index (χ2n) is 6.91. The Labute approximate surface area is 144 Å². The molecule has 3 rings (SSSR count). The summed E-state index contributed by atoms with van der Waals surface area (Å²) < 4.78 is 0. The average Bonchev–Trinajstić information content (AvgIpc) is 3.12. The van der Waals surface area contributed by atoms with Crippen molar-refractivity contribution < 1.29 is 9.59 Å². The number of benzene rings is 1. The van der Waals surface area contributed by atoms with Crippen LogP contribution in [0.25, 0.3) is 0 Å². The molecule has 2 heterocycles. The summed E-state index contributed by atoms with van der Waals surface area (Å²) in [6.45, 7) is 7.39. The summed E-state index contributed by atoms with van der Waals surface area (Å²) in [5.41, 5.74) is 2.28. The zero-order valence-corrected chi connectivity index (χ0v) is 14.5. The maximum absolute atomic E-state index is 12.4. The van der Waals surface area contributed by atoms with Crippen LogP contribution in [-0.4, -0.2) is 72.3 Å². The van der Waals surface area contributed by atoms with Crippen molar-refractivity contribution in [2.45, 2.75) is 26.2 Å². The molecule has 1 aromatic rings. The SMILES string of the molecule is Cc1ccc(CC(=O)N2CCN(CC(=O)N3CCCC3)CC2)cc1. The van der Waals surface area contributed by atoms with E-state index in [1.54, 1.807) is 0 Å². The van der Waals surface area contributed by atoms with Gasteiger partial charge in [-0.3, -0.25) is 14.5 Å². The molecule has 24 heavy (non-hydrogen) atoms. The second kappa shape index (κ2) is 7.79. The smallest absolute Gasteiger partial charge is 0.236 e. The normalized spacial score (nSPS) is 18.9. The van der Waals surface area contributed by atoms with Gasteiger partial charge in [-0.2, -0.15) is 0 Å². The summed E-state index contributed by atoms with van der Waals surface area (Å²) in [7, 11) is 0. The summed E-state index contributed by atoms with van der Waals surface area (Å²) in [5.74, 6) is 0.427. The first-order valence-corrected chi connectivity index (χ1v) is 8.95. The Kier molecular flexibility index (Phi) is 5.51. The van der Waals surface area contributed by atoms with Crippen LogP contribution in [0.1, 0.15) is 24.0 Å². The Morgan fingerprint density at radius 1 is 0.833 bits per heavy atom. The molecule has 2 aliphatic heterocycles. The molecule has 0 spiro atoms. The topological polar surface area (TPSA) is 43.9 Å². The van der Waals surface area contributed by atoms with E-state index in [-0.39, 0.29) is 11.8 Å². The molecule has 0 bridgehead atoms. The lowest BCUT2D eigenvalue weighted by molar-refractivity contribution is -0.134. The van der Waals surface area contributed by atoms with Crippen LogP contribution in [0.5, 0.6) is 0 Å². The Balaban J connectivity index is 1.43. The van der Waals surface area contributed by atoms with E-state index in [1.165, 1.54) is 5.56 Å². The van der Waals surface area contributed by atoms with Gasteiger partial charge in [0.15, 0.2) is 0 Å². The number of carbonyl (C=O) groups is 2. The van der Waals surface area contributed by atoms with Crippen LogP contribution in [0.3, 0.4) is 0 Å². The number of carbonyl (C=O) groups excluding carboxylic acids is 2. The van der Waals surface area contributed by atoms with Crippen molar-refractivity contribution in [2.24, 2.45) is 0 Å². The molecule has 0 atom stereocenters. The molecule has 1 aromatic carbocycles. The van der Waals surface area contributed by atoms with Crippen LogP contribution in [0.4, 0.5) is 0 Å². The molecule has 2 saturated heterocycles. The average molecular weight is 329 g/mol. The summed E-state index contributed by atoms with van der Waals surface area (Å²) >= 11 is 0. The third-order valence-corrected chi connectivity index (χ3v) is 5.02. The zero-order valence-electron chi connectivity index (χ0n) is 14.5. The molecule has 2 fully saturated rings. The van der Waals surface area contributed by atoms with Crippen molar-refractivity contribution in [2.75, 3.05) is 45.8 Å². The number of aryl methyl sites for hydroxylation is 1. The number of rotatable bonds is 4. The highest BCUT2D eigenvalue weighted by Gasteiger charge is 2.25. The van der Waals surface area contributed by atoms with E-state index < -0.39 is 0 Å². The number of amides is 2. The molecule has 130 valence electrons. The summed E-state index contributed by atoms with van der Waals surface area (Å²) in [6.07, 6.45) is 2.73. The van der Waals surface area contributed by atoms with E-state index in [9.17, 15) is 9.59 Å². The van der Waals surface area contributed by atoms with Crippen LogP contribution < -0.4 is 0 Å². The van der Waals surface area contributed by atoms with E-state index in [2.05, 4.69) is 4.90 Å². The number of hydrogen-bond donors (Lipinski definition) is 0. The first-order valence-electron chi connectivity index (χ1n) is 8.95. The molecule has 5 nitrogen and oxygen atoms in total. The van der Waals surface area contributed by atoms with Gasteiger partial charge in [0, 0.05) is 39.3 Å². The zero-order chi connectivity index (χ0) is 16.9. The van der Waals surface area contributed by atoms with Crippen LogP contribution >= 0.6 is 0 Å². The molecule has 2 aliphatic rings. The third-order valence-electron chi connectivity index (χ3n) is 5.02. The van der Waals surface area contributed by atoms with Crippen LogP contribution in [0.15, 0.2) is 24.3 Å². The van der Waals surface area contributed by atoms with Gasteiger partial charge in [-0.15, -0.1) is 0 Å². The van der Waals surface area contributed by atoms with Crippen LogP contribution in [0.2, 0.25) is 0 Å². The summed E-state index contributed by atoms with van der Waals surface area (Å²) in [6, 6.07) is 8.14. The lowest BCUT2D eigenvalue weighted by Gasteiger charge is -2.35. The van der Waals surface area contributed by atoms with Gasteiger partial charge in [-0.25, -0.2) is 0 Å². The molecule has 0 saturated carbocycles. The Bertz CT molecular complexity index is 571. The van der Waals surface area contributed by atoms with Gasteiger partial charge in [-0.05, 0) is 25.3 Å². The maximum atomic E-state index is 12.4. The lowest BCUT2D eigenvalue weighted by atomic mass is 10.1. The van der Waals surface area contributed by atoms with E-state index in [0.29, 0.717) is 13.0 Å². The first-order chi connectivity index (χ1) is 11.6. The fourth-order valence-corrected chi connectivity index (χ4v) is 3.41. The second-order valence-corrected chi connectivity index (χ2v) is 6.91. The Morgan fingerprint density at radius 2 is 1.42 bits per heavy atom. The van der Waals surface area contributed by atoms with Crippen LogP contribution in [0, 0.1) is 6.92 Å². The number of piperazine rings is 1. The minimum absolute atomic E-state index is 0.185. The van der Waals surface area contributed by atoms with Gasteiger partial charge >= 0.3 is 0 Å². The van der Waals surface area contributed by atoms with Crippen molar-refractivity contribution in [1.29, 1.82) is 0 Å². The highest BCUT2D eigenvalue weighted by atomic mass is 16.2. The molecule has 0 radical (unpaired) electrons. The molecule has 5 heteroatoms. The van der Waals surface area contributed by atoms with Crippen molar-refractivity contribution in [3.63, 3.8) is 0 Å². The lowest BCUT2D eigenvalue weighted by Crippen LogP contribution is -2.51. The van der Waals surface area contributed by atoms with Gasteiger partial charge in [0.05, 0.1) is 13.0 Å². The first kappa shape index (κ1) is 17.0. The largest absolute Gasteiger partial charge is 0.342 e. The molecule has 0 aromatic heterocycles. The Hall–Kier alpha value is -1.88. The van der Waals surface area contributed by atoms with Gasteiger partial charge in [-0.1, -0.05) is 29.8 Å². The Morgan fingerprint density at radius 3 is 2.04 bits per heavy atom. The monoisotopic (exact) mass is 329 g/mol. The van der Waals surface area contributed by atoms with E-state index >= 15 is 0 Å². The standard InChI is InChI=1S/C19H27N3O2/c1-16-4-6-17(7-5-16)14-18(23)22-12-10-20(11-13-22)15-19(24)21-8-2-3-9-21/h4-7H,2-3,8-15H2,1H3. The fraction of sp³-hybridized carbons (Fsp3) is 0.579. The summed E-state index contributed by atoms with van der Waals surface area (Å²) in [5, 5.41) is 0. The minimum atomic E-state index is 0.185. The number of hydrogen-bond acceptors (Lipinski definition) is 3. The van der Waals surface area contributed by atoms with E-state index in [4.69, 9.17) is 0 Å². The van der Waals surface area contributed by atoms with Gasteiger partial charge in [0.1, 0.15) is 0 Å². The number of likely N-dealkylation sites (tertiary alicyclic amines) is 1. The molecule has 2 amide bonds. The maximum Gasteiger partial charge on any atom is 0.236 e. The molecular weight excluding hydrogens is 302 g/mol. The van der Waals surface area contributed by atoms with Gasteiger partial charge in [0.25, 0.3) is 0 Å². The van der Waals surface area contributed by atoms with E-state index in [0.717, 1.165) is 57.7 Å². The predicted octanol–water partition coefficient (Wildman–Crippen LogP) is 1.30. The quantitative estimate of drug-likeness (QED) is 0.836. The third kappa shape index (κ3) is 4.35. The van der Waals surface area contributed by atoms with Crippen molar-refractivity contribution in [1.82, 2.24) is 14.7 Å². The molecule has 0 unspecified atom stereocenters. The highest BCUT2D eigenvalue weighted by Crippen LogP contribution is 2.11. The van der Waals surface area contributed by atoms with Crippen molar-refractivity contribution in [3.8, 4) is 0 Å². The molecule has 0 N–H and O–H groups in total. The molecule has 0 aliphatic carbocycles. The van der Waals surface area contributed by atoms with E-state index in [1.807, 2.05) is 41.0 Å². The highest BCUT2D eigenvalue weighted by molar-refractivity contribution is 5.79. The van der Waals surface area contributed by atoms with Gasteiger partial charge < -0.3 is 9.80 Å².